The van der Waals surface area contributed by atoms with Crippen LogP contribution < -0.4 is 5.32 Å². The molecule has 0 aliphatic carbocycles. The van der Waals surface area contributed by atoms with E-state index in [9.17, 15) is 0 Å². The Morgan fingerprint density at radius 1 is 1.53 bits per heavy atom. The Labute approximate surface area is 95.7 Å². The predicted molar refractivity (Wildman–Crippen MR) is 65.3 cm³/mol. The van der Waals surface area contributed by atoms with Gasteiger partial charge >= 0.3 is 0 Å². The van der Waals surface area contributed by atoms with Crippen LogP contribution in [0.2, 0.25) is 0 Å². The van der Waals surface area contributed by atoms with Crippen LogP contribution in [0.3, 0.4) is 0 Å². The van der Waals surface area contributed by atoms with Crippen molar-refractivity contribution in [1.82, 2.24) is 14.9 Å². The maximum Gasteiger partial charge on any atom is 0.109 e. The molecule has 0 bridgehead atoms. The summed E-state index contributed by atoms with van der Waals surface area (Å²) in [6, 6.07) is 0.742. The molecule has 0 atom stereocenters. The molecule has 1 aromatic heterocycles. The summed E-state index contributed by atoms with van der Waals surface area (Å²) in [5.74, 6) is 3.81. The second-order valence-corrected chi connectivity index (χ2v) is 5.27. The summed E-state index contributed by atoms with van der Waals surface area (Å²) in [7, 11) is 2.06. The van der Waals surface area contributed by atoms with Crippen molar-refractivity contribution in [2.75, 3.05) is 18.1 Å². The van der Waals surface area contributed by atoms with Crippen LogP contribution in [0.5, 0.6) is 0 Å². The van der Waals surface area contributed by atoms with Crippen molar-refractivity contribution in [2.45, 2.75) is 25.3 Å². The highest BCUT2D eigenvalue weighted by atomic mass is 32.2. The number of imidazole rings is 1. The molecule has 0 amide bonds. The molecule has 4 heteroatoms. The zero-order chi connectivity index (χ0) is 10.5. The van der Waals surface area contributed by atoms with Gasteiger partial charge in [0.25, 0.3) is 0 Å². The Bertz CT molecular complexity index is 292. The Hall–Kier alpha value is -0.480. The van der Waals surface area contributed by atoms with Crippen LogP contribution in [-0.4, -0.2) is 33.6 Å². The fourth-order valence-corrected chi connectivity index (χ4v) is 3.03. The molecule has 3 nitrogen and oxygen atoms in total. The number of thioether (sulfide) groups is 1. The van der Waals surface area contributed by atoms with E-state index < -0.39 is 0 Å². The van der Waals surface area contributed by atoms with Gasteiger partial charge in [0.2, 0.25) is 0 Å². The highest BCUT2D eigenvalue weighted by molar-refractivity contribution is 7.99. The van der Waals surface area contributed by atoms with E-state index in [1.165, 1.54) is 30.2 Å². The molecule has 0 unspecified atom stereocenters. The van der Waals surface area contributed by atoms with Crippen LogP contribution in [-0.2, 0) is 13.5 Å². The fourth-order valence-electron chi connectivity index (χ4n) is 1.93. The van der Waals surface area contributed by atoms with E-state index in [1.54, 1.807) is 0 Å². The summed E-state index contributed by atoms with van der Waals surface area (Å²) in [6.07, 6.45) is 7.56. The molecule has 1 aromatic rings. The summed E-state index contributed by atoms with van der Waals surface area (Å²) >= 11 is 2.08. The summed E-state index contributed by atoms with van der Waals surface area (Å²) in [6.45, 7) is 1.06. The van der Waals surface area contributed by atoms with Gasteiger partial charge in [0, 0.05) is 38.4 Å². The van der Waals surface area contributed by atoms with Gasteiger partial charge in [-0.3, -0.25) is 0 Å². The average Bonchev–Trinajstić information content (AvgIpc) is 2.66. The molecule has 1 fully saturated rings. The topological polar surface area (TPSA) is 29.9 Å². The van der Waals surface area contributed by atoms with Crippen molar-refractivity contribution in [3.63, 3.8) is 0 Å². The summed E-state index contributed by atoms with van der Waals surface area (Å²) in [5.41, 5.74) is 0. The normalized spacial score (nSPS) is 18.2. The third-order valence-electron chi connectivity index (χ3n) is 2.92. The van der Waals surface area contributed by atoms with Crippen LogP contribution in [0.1, 0.15) is 18.7 Å². The molecule has 1 aliphatic heterocycles. The van der Waals surface area contributed by atoms with E-state index in [0.29, 0.717) is 0 Å². The Kier molecular flexibility index (Phi) is 4.09. The molecular formula is C11H19N3S. The molecule has 0 spiro atoms. The molecule has 15 heavy (non-hydrogen) atoms. The molecule has 1 saturated heterocycles. The fraction of sp³-hybridized carbons (Fsp3) is 0.727. The van der Waals surface area contributed by atoms with Crippen molar-refractivity contribution < 1.29 is 0 Å². The van der Waals surface area contributed by atoms with Crippen molar-refractivity contribution >= 4 is 11.8 Å². The lowest BCUT2D eigenvalue weighted by atomic mass is 10.1. The van der Waals surface area contributed by atoms with E-state index in [1.807, 2.05) is 12.4 Å². The SMILES string of the molecule is Cn1ccnc1CCNC1CCSCC1. The van der Waals surface area contributed by atoms with Gasteiger partial charge in [-0.2, -0.15) is 11.8 Å². The van der Waals surface area contributed by atoms with E-state index in [0.717, 1.165) is 19.0 Å². The maximum absolute atomic E-state index is 4.32. The maximum atomic E-state index is 4.32. The van der Waals surface area contributed by atoms with E-state index in [4.69, 9.17) is 0 Å². The molecule has 84 valence electrons. The molecular weight excluding hydrogens is 206 g/mol. The summed E-state index contributed by atoms with van der Waals surface area (Å²) in [5, 5.41) is 3.62. The minimum atomic E-state index is 0.742. The van der Waals surface area contributed by atoms with Gasteiger partial charge in [0.05, 0.1) is 0 Å². The van der Waals surface area contributed by atoms with Crippen molar-refractivity contribution in [3.8, 4) is 0 Å². The van der Waals surface area contributed by atoms with Crippen LogP contribution in [0.4, 0.5) is 0 Å². The van der Waals surface area contributed by atoms with Gasteiger partial charge in [-0.1, -0.05) is 0 Å². The second kappa shape index (κ2) is 5.56. The molecule has 1 aliphatic rings. The van der Waals surface area contributed by atoms with Crippen LogP contribution in [0.15, 0.2) is 12.4 Å². The van der Waals surface area contributed by atoms with Gasteiger partial charge in [0.15, 0.2) is 0 Å². The number of nitrogens with zero attached hydrogens (tertiary/aromatic N) is 2. The highest BCUT2D eigenvalue weighted by Gasteiger charge is 2.12. The monoisotopic (exact) mass is 225 g/mol. The lowest BCUT2D eigenvalue weighted by molar-refractivity contribution is 0.481. The molecule has 0 aromatic carbocycles. The van der Waals surface area contributed by atoms with Crippen LogP contribution >= 0.6 is 11.8 Å². The summed E-state index contributed by atoms with van der Waals surface area (Å²) < 4.78 is 2.10. The number of hydrogen-bond donors (Lipinski definition) is 1. The quantitative estimate of drug-likeness (QED) is 0.841. The second-order valence-electron chi connectivity index (χ2n) is 4.05. The first kappa shape index (κ1) is 11.0. The lowest BCUT2D eigenvalue weighted by Gasteiger charge is -2.22. The average molecular weight is 225 g/mol. The molecule has 2 rings (SSSR count). The lowest BCUT2D eigenvalue weighted by Crippen LogP contribution is -2.34. The third-order valence-corrected chi connectivity index (χ3v) is 3.97. The number of hydrogen-bond acceptors (Lipinski definition) is 3. The van der Waals surface area contributed by atoms with Crippen molar-refractivity contribution in [3.05, 3.63) is 18.2 Å². The Morgan fingerprint density at radius 2 is 2.33 bits per heavy atom. The minimum absolute atomic E-state index is 0.742. The zero-order valence-corrected chi connectivity index (χ0v) is 10.1. The first-order valence-electron chi connectivity index (χ1n) is 5.63. The number of aryl methyl sites for hydroxylation is 1. The minimum Gasteiger partial charge on any atom is -0.338 e. The largest absolute Gasteiger partial charge is 0.338 e. The first-order valence-corrected chi connectivity index (χ1v) is 6.79. The van der Waals surface area contributed by atoms with E-state index >= 15 is 0 Å². The smallest absolute Gasteiger partial charge is 0.109 e. The zero-order valence-electron chi connectivity index (χ0n) is 9.28. The van der Waals surface area contributed by atoms with Crippen molar-refractivity contribution in [2.24, 2.45) is 7.05 Å². The van der Waals surface area contributed by atoms with E-state index in [2.05, 4.69) is 33.7 Å². The molecule has 1 N–H and O–H groups in total. The predicted octanol–water partition coefficient (Wildman–Crippen LogP) is 1.45. The van der Waals surface area contributed by atoms with Gasteiger partial charge in [-0.25, -0.2) is 4.98 Å². The van der Waals surface area contributed by atoms with Crippen molar-refractivity contribution in [1.29, 1.82) is 0 Å². The number of nitrogens with one attached hydrogen (secondary N) is 1. The molecule has 0 radical (unpaired) electrons. The standard InChI is InChI=1S/C11H19N3S/c1-14-7-6-13-11(14)2-5-12-10-3-8-15-9-4-10/h6-7,10,12H,2-5,8-9H2,1H3. The summed E-state index contributed by atoms with van der Waals surface area (Å²) in [4.78, 5) is 4.32. The number of aromatic nitrogens is 2. The number of rotatable bonds is 4. The highest BCUT2D eigenvalue weighted by Crippen LogP contribution is 2.16. The Morgan fingerprint density at radius 3 is 3.00 bits per heavy atom. The van der Waals surface area contributed by atoms with Gasteiger partial charge in [-0.05, 0) is 24.3 Å². The molecule has 2 heterocycles. The van der Waals surface area contributed by atoms with Gasteiger partial charge < -0.3 is 9.88 Å². The Balaban J connectivity index is 1.68. The molecule has 0 saturated carbocycles. The van der Waals surface area contributed by atoms with Crippen LogP contribution in [0, 0.1) is 0 Å². The first-order chi connectivity index (χ1) is 7.36. The van der Waals surface area contributed by atoms with Crippen LogP contribution in [0.25, 0.3) is 0 Å². The van der Waals surface area contributed by atoms with Gasteiger partial charge in [0.1, 0.15) is 5.82 Å². The van der Waals surface area contributed by atoms with Gasteiger partial charge in [-0.15, -0.1) is 0 Å². The van der Waals surface area contributed by atoms with E-state index in [-0.39, 0.29) is 0 Å². The third kappa shape index (κ3) is 3.24.